The zero-order valence-electron chi connectivity index (χ0n) is 9.98. The maximum absolute atomic E-state index is 11.6. The molecule has 1 saturated heterocycles. The van der Waals surface area contributed by atoms with Gasteiger partial charge in [0.2, 0.25) is 0 Å². The molecule has 0 N–H and O–H groups in total. The number of nitriles is 1. The molecule has 2 aromatic heterocycles. The van der Waals surface area contributed by atoms with Gasteiger partial charge in [-0.3, -0.25) is 4.68 Å². The van der Waals surface area contributed by atoms with Gasteiger partial charge in [0.25, 0.3) is 0 Å². The van der Waals surface area contributed by atoms with Gasteiger partial charge in [0, 0.05) is 6.07 Å². The molecule has 0 saturated carbocycles. The van der Waals surface area contributed by atoms with Gasteiger partial charge in [-0.05, 0) is 18.6 Å². The highest BCUT2D eigenvalue weighted by Gasteiger charge is 2.31. The number of nitrogens with zero attached hydrogens (tertiary/aromatic N) is 3. The summed E-state index contributed by atoms with van der Waals surface area (Å²) in [4.78, 5) is 0. The molecule has 0 aromatic carbocycles. The highest BCUT2D eigenvalue weighted by molar-refractivity contribution is 7.91. The fraction of sp³-hybridized carbons (Fsp3) is 0.333. The molecular weight excluding hydrogens is 266 g/mol. The molecule has 0 bridgehead atoms. The largest absolute Gasteiger partial charge is 0.463 e. The first-order valence-corrected chi connectivity index (χ1v) is 7.65. The van der Waals surface area contributed by atoms with Crippen molar-refractivity contribution in [3.63, 3.8) is 0 Å². The first-order chi connectivity index (χ1) is 9.09. The summed E-state index contributed by atoms with van der Waals surface area (Å²) >= 11 is 0. The maximum Gasteiger partial charge on any atom is 0.163 e. The number of hydrogen-bond donors (Lipinski definition) is 0. The maximum atomic E-state index is 11.6. The Morgan fingerprint density at radius 1 is 1.53 bits per heavy atom. The van der Waals surface area contributed by atoms with E-state index in [4.69, 9.17) is 9.68 Å². The monoisotopic (exact) mass is 277 g/mol. The Balaban J connectivity index is 2.06. The second-order valence-electron chi connectivity index (χ2n) is 4.51. The van der Waals surface area contributed by atoms with Crippen LogP contribution in [0.5, 0.6) is 0 Å². The van der Waals surface area contributed by atoms with Crippen molar-refractivity contribution < 1.29 is 12.8 Å². The van der Waals surface area contributed by atoms with Crippen molar-refractivity contribution in [1.29, 1.82) is 5.26 Å². The SMILES string of the molecule is N#Cc1cc(-c2ccco2)n(C2CCS(=O)(=O)C2)n1. The Hall–Kier alpha value is -2.07. The lowest BCUT2D eigenvalue weighted by molar-refractivity contribution is 0.491. The summed E-state index contributed by atoms with van der Waals surface area (Å²) in [5, 5.41) is 13.1. The first kappa shape index (κ1) is 12.0. The molecule has 1 atom stereocenters. The van der Waals surface area contributed by atoms with E-state index in [0.717, 1.165) is 0 Å². The molecule has 2 aromatic rings. The van der Waals surface area contributed by atoms with E-state index in [9.17, 15) is 8.42 Å². The van der Waals surface area contributed by atoms with Crippen LogP contribution in [0.25, 0.3) is 11.5 Å². The Morgan fingerprint density at radius 2 is 2.37 bits per heavy atom. The highest BCUT2D eigenvalue weighted by Crippen LogP contribution is 2.30. The summed E-state index contributed by atoms with van der Waals surface area (Å²) in [6.45, 7) is 0. The van der Waals surface area contributed by atoms with Crippen LogP contribution in [0.3, 0.4) is 0 Å². The number of aromatic nitrogens is 2. The topological polar surface area (TPSA) is 88.9 Å². The summed E-state index contributed by atoms with van der Waals surface area (Å²) in [5.74, 6) is 0.808. The van der Waals surface area contributed by atoms with E-state index in [1.54, 1.807) is 22.9 Å². The van der Waals surface area contributed by atoms with Gasteiger partial charge in [-0.15, -0.1) is 0 Å². The minimum absolute atomic E-state index is 0.0628. The van der Waals surface area contributed by atoms with E-state index in [-0.39, 0.29) is 23.2 Å². The van der Waals surface area contributed by atoms with Crippen LogP contribution in [0, 0.1) is 11.3 Å². The van der Waals surface area contributed by atoms with Gasteiger partial charge >= 0.3 is 0 Å². The number of furan rings is 1. The average molecular weight is 277 g/mol. The second kappa shape index (κ2) is 4.24. The first-order valence-electron chi connectivity index (χ1n) is 5.83. The molecule has 3 rings (SSSR count). The molecule has 1 fully saturated rings. The van der Waals surface area contributed by atoms with Gasteiger partial charge < -0.3 is 4.42 Å². The molecule has 0 radical (unpaired) electrons. The Kier molecular flexibility index (Phi) is 2.68. The third kappa shape index (κ3) is 2.15. The lowest BCUT2D eigenvalue weighted by atomic mass is 10.2. The van der Waals surface area contributed by atoms with Crippen molar-refractivity contribution in [3.05, 3.63) is 30.2 Å². The van der Waals surface area contributed by atoms with Crippen LogP contribution in [-0.4, -0.2) is 29.7 Å². The lowest BCUT2D eigenvalue weighted by Gasteiger charge is -2.11. The Labute approximate surface area is 110 Å². The fourth-order valence-corrected chi connectivity index (χ4v) is 4.00. The molecule has 98 valence electrons. The molecular formula is C12H11N3O3S. The van der Waals surface area contributed by atoms with Crippen molar-refractivity contribution in [2.45, 2.75) is 12.5 Å². The van der Waals surface area contributed by atoms with E-state index >= 15 is 0 Å². The predicted molar refractivity (Wildman–Crippen MR) is 67.0 cm³/mol. The molecule has 7 heteroatoms. The van der Waals surface area contributed by atoms with Crippen molar-refractivity contribution in [2.75, 3.05) is 11.5 Å². The predicted octanol–water partition coefficient (Wildman–Crippen LogP) is 1.37. The molecule has 1 aliphatic heterocycles. The zero-order chi connectivity index (χ0) is 13.5. The average Bonchev–Trinajstić information content (AvgIpc) is 3.05. The quantitative estimate of drug-likeness (QED) is 0.827. The van der Waals surface area contributed by atoms with E-state index in [0.29, 0.717) is 17.9 Å². The van der Waals surface area contributed by atoms with Gasteiger partial charge in [0.1, 0.15) is 11.8 Å². The van der Waals surface area contributed by atoms with Crippen LogP contribution in [0.2, 0.25) is 0 Å². The van der Waals surface area contributed by atoms with Crippen molar-refractivity contribution in [1.82, 2.24) is 9.78 Å². The second-order valence-corrected chi connectivity index (χ2v) is 6.73. The minimum Gasteiger partial charge on any atom is -0.463 e. The molecule has 0 aliphatic carbocycles. The van der Waals surface area contributed by atoms with E-state index < -0.39 is 9.84 Å². The van der Waals surface area contributed by atoms with Crippen molar-refractivity contribution in [3.8, 4) is 17.5 Å². The minimum atomic E-state index is -3.00. The van der Waals surface area contributed by atoms with Crippen LogP contribution < -0.4 is 0 Å². The van der Waals surface area contributed by atoms with Crippen LogP contribution >= 0.6 is 0 Å². The highest BCUT2D eigenvalue weighted by atomic mass is 32.2. The standard InChI is InChI=1S/C12H11N3O3S/c13-7-9-6-11(12-2-1-4-18-12)15(14-9)10-3-5-19(16,17)8-10/h1-2,4,6,10H,3,5,8H2. The summed E-state index contributed by atoms with van der Waals surface area (Å²) in [6.07, 6.45) is 2.05. The van der Waals surface area contributed by atoms with Gasteiger partial charge in [0.15, 0.2) is 21.3 Å². The summed E-state index contributed by atoms with van der Waals surface area (Å²) in [7, 11) is -3.00. The van der Waals surface area contributed by atoms with E-state index in [1.807, 2.05) is 6.07 Å². The van der Waals surface area contributed by atoms with Gasteiger partial charge in [-0.1, -0.05) is 0 Å². The molecule has 6 nitrogen and oxygen atoms in total. The smallest absolute Gasteiger partial charge is 0.163 e. The van der Waals surface area contributed by atoms with E-state index in [2.05, 4.69) is 5.10 Å². The Morgan fingerprint density at radius 3 is 2.95 bits per heavy atom. The summed E-state index contributed by atoms with van der Waals surface area (Å²) < 4.78 is 30.0. The Bertz CT molecular complexity index is 738. The van der Waals surface area contributed by atoms with Gasteiger partial charge in [-0.2, -0.15) is 10.4 Å². The number of rotatable bonds is 2. The fourth-order valence-electron chi connectivity index (χ4n) is 2.30. The number of hydrogen-bond acceptors (Lipinski definition) is 5. The van der Waals surface area contributed by atoms with Crippen LogP contribution in [-0.2, 0) is 9.84 Å². The third-order valence-corrected chi connectivity index (χ3v) is 4.93. The van der Waals surface area contributed by atoms with Gasteiger partial charge in [0.05, 0.1) is 23.8 Å². The summed E-state index contributed by atoms with van der Waals surface area (Å²) in [5.41, 5.74) is 0.902. The third-order valence-electron chi connectivity index (χ3n) is 3.18. The molecule has 3 heterocycles. The van der Waals surface area contributed by atoms with Crippen LogP contribution in [0.1, 0.15) is 18.2 Å². The molecule has 1 unspecified atom stereocenters. The lowest BCUT2D eigenvalue weighted by Crippen LogP contribution is -2.13. The molecule has 0 spiro atoms. The summed E-state index contributed by atoms with van der Waals surface area (Å²) in [6, 6.07) is 6.86. The van der Waals surface area contributed by atoms with Crippen LogP contribution in [0.15, 0.2) is 28.9 Å². The van der Waals surface area contributed by atoms with Crippen molar-refractivity contribution >= 4 is 9.84 Å². The number of sulfone groups is 1. The zero-order valence-corrected chi connectivity index (χ0v) is 10.8. The van der Waals surface area contributed by atoms with Crippen LogP contribution in [0.4, 0.5) is 0 Å². The molecule has 19 heavy (non-hydrogen) atoms. The van der Waals surface area contributed by atoms with Gasteiger partial charge in [-0.25, -0.2) is 8.42 Å². The normalized spacial score (nSPS) is 21.3. The van der Waals surface area contributed by atoms with Crippen molar-refractivity contribution in [2.24, 2.45) is 0 Å². The van der Waals surface area contributed by atoms with E-state index in [1.165, 1.54) is 6.26 Å². The molecule has 1 aliphatic rings. The molecule has 0 amide bonds.